The number of aromatic nitrogens is 2. The van der Waals surface area contributed by atoms with Crippen LogP contribution in [0.3, 0.4) is 0 Å². The predicted molar refractivity (Wildman–Crippen MR) is 104 cm³/mol. The van der Waals surface area contributed by atoms with Crippen LogP contribution in [0.5, 0.6) is 11.5 Å². The highest BCUT2D eigenvalue weighted by molar-refractivity contribution is 6.39. The second-order valence-electron chi connectivity index (χ2n) is 6.80. The number of nitrogens with one attached hydrogen (secondary N) is 3. The summed E-state index contributed by atoms with van der Waals surface area (Å²) in [5, 5.41) is 12.2. The third-order valence-corrected chi connectivity index (χ3v) is 4.72. The van der Waals surface area contributed by atoms with Gasteiger partial charge in [-0.05, 0) is 42.7 Å². The maximum Gasteiger partial charge on any atom is 0.313 e. The zero-order valence-corrected chi connectivity index (χ0v) is 15.4. The number of hydrogen-bond donors (Lipinski definition) is 3. The second kappa shape index (κ2) is 8.14. The van der Waals surface area contributed by atoms with Gasteiger partial charge >= 0.3 is 11.8 Å². The Kier molecular flexibility index (Phi) is 5.24. The molecule has 148 valence electrons. The Morgan fingerprint density at radius 3 is 2.86 bits per heavy atom. The lowest BCUT2D eigenvalue weighted by molar-refractivity contribution is -0.136. The molecule has 29 heavy (non-hydrogen) atoms. The van der Waals surface area contributed by atoms with E-state index in [0.717, 1.165) is 24.1 Å². The van der Waals surface area contributed by atoms with E-state index in [9.17, 15) is 14.0 Å². The summed E-state index contributed by atoms with van der Waals surface area (Å²) in [6, 6.07) is 12.2. The quantitative estimate of drug-likeness (QED) is 0.593. The smallest absolute Gasteiger partial charge is 0.313 e. The fraction of sp³-hybridized carbons (Fsp3) is 0.190. The predicted octanol–water partition coefficient (Wildman–Crippen LogP) is 2.95. The summed E-state index contributed by atoms with van der Waals surface area (Å²) in [5.74, 6) is -1.36. The number of anilines is 1. The van der Waals surface area contributed by atoms with Gasteiger partial charge in [0.2, 0.25) is 0 Å². The first-order valence-corrected chi connectivity index (χ1v) is 9.24. The van der Waals surface area contributed by atoms with E-state index in [1.54, 1.807) is 36.5 Å². The Morgan fingerprint density at radius 1 is 1.14 bits per heavy atom. The molecule has 1 aliphatic carbocycles. The van der Waals surface area contributed by atoms with Crippen LogP contribution < -0.4 is 15.4 Å². The van der Waals surface area contributed by atoms with Crippen LogP contribution >= 0.6 is 0 Å². The average Bonchev–Trinajstić information content (AvgIpc) is 3.17. The lowest BCUT2D eigenvalue weighted by Crippen LogP contribution is -2.44. The summed E-state index contributed by atoms with van der Waals surface area (Å²) in [6.45, 7) is 0. The minimum Gasteiger partial charge on any atom is -0.455 e. The topological polar surface area (TPSA) is 96.1 Å². The van der Waals surface area contributed by atoms with Crippen molar-refractivity contribution < 1.29 is 18.7 Å². The lowest BCUT2D eigenvalue weighted by atomic mass is 9.94. The van der Waals surface area contributed by atoms with E-state index in [1.807, 2.05) is 0 Å². The van der Waals surface area contributed by atoms with Gasteiger partial charge in [-0.15, -0.1) is 0 Å². The molecule has 2 aromatic carbocycles. The van der Waals surface area contributed by atoms with Crippen molar-refractivity contribution in [2.75, 3.05) is 5.32 Å². The molecule has 0 aliphatic heterocycles. The summed E-state index contributed by atoms with van der Waals surface area (Å²) >= 11 is 0. The molecule has 0 bridgehead atoms. The Hall–Kier alpha value is -3.68. The van der Waals surface area contributed by atoms with Crippen molar-refractivity contribution in [2.24, 2.45) is 0 Å². The van der Waals surface area contributed by atoms with E-state index >= 15 is 0 Å². The van der Waals surface area contributed by atoms with Crippen molar-refractivity contribution in [1.29, 1.82) is 0 Å². The molecule has 1 aromatic heterocycles. The number of halogens is 1. The van der Waals surface area contributed by atoms with Crippen LogP contribution in [0.2, 0.25) is 0 Å². The van der Waals surface area contributed by atoms with Gasteiger partial charge in [-0.1, -0.05) is 18.2 Å². The van der Waals surface area contributed by atoms with Crippen LogP contribution in [-0.4, -0.2) is 28.1 Å². The molecule has 3 aromatic rings. The zero-order chi connectivity index (χ0) is 20.2. The fourth-order valence-corrected chi connectivity index (χ4v) is 3.28. The molecule has 0 fully saturated rings. The SMILES string of the molecule is O=C(Nc1ccccc1Oc1cccc(F)c1)C(=O)N[C@H]1CCc2cn[nH]c2C1. The first kappa shape index (κ1) is 18.7. The molecule has 7 nitrogen and oxygen atoms in total. The molecule has 3 N–H and O–H groups in total. The van der Waals surface area contributed by atoms with E-state index in [0.29, 0.717) is 17.9 Å². The molecule has 8 heteroatoms. The molecule has 0 saturated carbocycles. The molecule has 0 saturated heterocycles. The van der Waals surface area contributed by atoms with E-state index in [2.05, 4.69) is 20.8 Å². The summed E-state index contributed by atoms with van der Waals surface area (Å²) in [5.41, 5.74) is 2.44. The highest BCUT2D eigenvalue weighted by atomic mass is 19.1. The van der Waals surface area contributed by atoms with Crippen LogP contribution in [0.1, 0.15) is 17.7 Å². The molecule has 0 radical (unpaired) electrons. The van der Waals surface area contributed by atoms with Gasteiger partial charge in [0.25, 0.3) is 0 Å². The molecule has 0 spiro atoms. The van der Waals surface area contributed by atoms with Crippen LogP contribution in [0.25, 0.3) is 0 Å². The number of H-pyrrole nitrogens is 1. The molecule has 1 heterocycles. The second-order valence-corrected chi connectivity index (χ2v) is 6.80. The van der Waals surface area contributed by atoms with Crippen molar-refractivity contribution in [3.63, 3.8) is 0 Å². The first-order chi connectivity index (χ1) is 14.1. The van der Waals surface area contributed by atoms with Crippen LogP contribution in [0.4, 0.5) is 10.1 Å². The van der Waals surface area contributed by atoms with Crippen molar-refractivity contribution in [1.82, 2.24) is 15.5 Å². The number of aryl methyl sites for hydroxylation is 1. The van der Waals surface area contributed by atoms with E-state index in [4.69, 9.17) is 4.74 Å². The number of benzene rings is 2. The number of amides is 2. The molecular formula is C21H19FN4O3. The van der Waals surface area contributed by atoms with Gasteiger partial charge < -0.3 is 15.4 Å². The summed E-state index contributed by atoms with van der Waals surface area (Å²) in [7, 11) is 0. The molecular weight excluding hydrogens is 375 g/mol. The monoisotopic (exact) mass is 394 g/mol. The minimum atomic E-state index is -0.796. The Bertz CT molecular complexity index is 1050. The zero-order valence-electron chi connectivity index (χ0n) is 15.4. The van der Waals surface area contributed by atoms with Crippen molar-refractivity contribution in [3.8, 4) is 11.5 Å². The number of para-hydroxylation sites is 2. The number of fused-ring (bicyclic) bond motifs is 1. The minimum absolute atomic E-state index is 0.139. The molecule has 4 rings (SSSR count). The summed E-state index contributed by atoms with van der Waals surface area (Å²) in [4.78, 5) is 24.7. The van der Waals surface area contributed by atoms with Crippen molar-refractivity contribution in [2.45, 2.75) is 25.3 Å². The van der Waals surface area contributed by atoms with Crippen LogP contribution in [0, 0.1) is 5.82 Å². The standard InChI is InChI=1S/C21H19FN4O3/c22-14-4-3-5-16(10-14)29-19-7-2-1-6-17(19)25-21(28)20(27)24-15-9-8-13-12-23-26-18(13)11-15/h1-7,10,12,15H,8-9,11H2,(H,23,26)(H,24,27)(H,25,28)/t15-/m0/s1. The lowest BCUT2D eigenvalue weighted by Gasteiger charge is -2.22. The van der Waals surface area contributed by atoms with Gasteiger partial charge in [0.15, 0.2) is 5.75 Å². The Labute approximate surface area is 166 Å². The number of hydrogen-bond acceptors (Lipinski definition) is 4. The largest absolute Gasteiger partial charge is 0.455 e. The molecule has 0 unspecified atom stereocenters. The van der Waals surface area contributed by atoms with Gasteiger partial charge in [0.05, 0.1) is 11.9 Å². The maximum atomic E-state index is 13.4. The molecule has 1 atom stereocenters. The normalized spacial score (nSPS) is 15.3. The average molecular weight is 394 g/mol. The first-order valence-electron chi connectivity index (χ1n) is 9.24. The van der Waals surface area contributed by atoms with Crippen LogP contribution in [0.15, 0.2) is 54.7 Å². The summed E-state index contributed by atoms with van der Waals surface area (Å²) in [6.07, 6.45) is 3.93. The van der Waals surface area contributed by atoms with E-state index < -0.39 is 17.6 Å². The highest BCUT2D eigenvalue weighted by Crippen LogP contribution is 2.29. The van der Waals surface area contributed by atoms with E-state index in [1.165, 1.54) is 18.2 Å². The third kappa shape index (κ3) is 4.43. The third-order valence-electron chi connectivity index (χ3n) is 4.72. The maximum absolute atomic E-state index is 13.4. The van der Waals surface area contributed by atoms with Gasteiger partial charge in [-0.2, -0.15) is 5.10 Å². The number of rotatable bonds is 4. The van der Waals surface area contributed by atoms with Gasteiger partial charge in [-0.25, -0.2) is 4.39 Å². The molecule has 1 aliphatic rings. The number of carbonyl (C=O) groups excluding carboxylic acids is 2. The Morgan fingerprint density at radius 2 is 2.00 bits per heavy atom. The number of ether oxygens (including phenoxy) is 1. The fourth-order valence-electron chi connectivity index (χ4n) is 3.28. The highest BCUT2D eigenvalue weighted by Gasteiger charge is 2.24. The number of aromatic amines is 1. The molecule has 2 amide bonds. The van der Waals surface area contributed by atoms with Crippen molar-refractivity contribution in [3.05, 3.63) is 71.8 Å². The van der Waals surface area contributed by atoms with E-state index in [-0.39, 0.29) is 11.8 Å². The van der Waals surface area contributed by atoms with Gasteiger partial charge in [0, 0.05) is 24.2 Å². The summed E-state index contributed by atoms with van der Waals surface area (Å²) < 4.78 is 19.0. The Balaban J connectivity index is 1.40. The van der Waals surface area contributed by atoms with Crippen molar-refractivity contribution >= 4 is 17.5 Å². The number of carbonyl (C=O) groups is 2. The van der Waals surface area contributed by atoms with Gasteiger partial charge in [-0.3, -0.25) is 14.7 Å². The number of nitrogens with zero attached hydrogens (tertiary/aromatic N) is 1. The van der Waals surface area contributed by atoms with Crippen LogP contribution in [-0.2, 0) is 22.4 Å². The van der Waals surface area contributed by atoms with Gasteiger partial charge in [0.1, 0.15) is 11.6 Å².